The maximum absolute atomic E-state index is 2.34. The van der Waals surface area contributed by atoms with E-state index in [0.717, 1.165) is 5.54 Å². The van der Waals surface area contributed by atoms with E-state index in [1.165, 1.54) is 23.1 Å². The highest BCUT2D eigenvalue weighted by atomic mass is 28.1. The first-order valence-electron chi connectivity index (χ1n) is 2.56. The normalized spacial score (nSPS) is 32.3. The fraction of sp³-hybridized carbons (Fsp3) is 0.600. The molecule has 0 saturated heterocycles. The Morgan fingerprint density at radius 3 is 2.67 bits per heavy atom. The van der Waals surface area contributed by atoms with E-state index in [0.29, 0.717) is 0 Å². The SMILES string of the molecule is [SiH3]C1C=CCC1. The molecule has 0 amide bonds. The molecular weight excluding hydrogens is 88.1 g/mol. The Morgan fingerprint density at radius 2 is 2.50 bits per heavy atom. The number of rotatable bonds is 0. The number of hydrogen-bond acceptors (Lipinski definition) is 0. The van der Waals surface area contributed by atoms with Gasteiger partial charge in [-0.25, -0.2) is 0 Å². The van der Waals surface area contributed by atoms with Crippen molar-refractivity contribution in [3.05, 3.63) is 12.2 Å². The Kier molecular flexibility index (Phi) is 1.10. The third-order valence-corrected chi connectivity index (χ3v) is 2.22. The van der Waals surface area contributed by atoms with Gasteiger partial charge in [-0.2, -0.15) is 0 Å². The molecule has 0 aromatic rings. The quantitative estimate of drug-likeness (QED) is 0.305. The van der Waals surface area contributed by atoms with E-state index >= 15 is 0 Å². The van der Waals surface area contributed by atoms with E-state index in [2.05, 4.69) is 12.2 Å². The molecule has 1 unspecified atom stereocenters. The lowest BCUT2D eigenvalue weighted by atomic mass is 10.4. The van der Waals surface area contributed by atoms with Crippen LogP contribution in [-0.4, -0.2) is 10.2 Å². The van der Waals surface area contributed by atoms with Crippen LogP contribution in [0.5, 0.6) is 0 Å². The molecule has 0 radical (unpaired) electrons. The molecule has 1 rings (SSSR count). The summed E-state index contributed by atoms with van der Waals surface area (Å²) in [4.78, 5) is 0. The molecule has 0 aromatic carbocycles. The lowest BCUT2D eigenvalue weighted by molar-refractivity contribution is 0.925. The standard InChI is InChI=1S/C5H10Si/c6-5-3-1-2-4-5/h1,3,5H,2,4H2,6H3. The van der Waals surface area contributed by atoms with E-state index in [1.54, 1.807) is 0 Å². The van der Waals surface area contributed by atoms with Gasteiger partial charge in [-0.3, -0.25) is 0 Å². The average molecular weight is 98.2 g/mol. The van der Waals surface area contributed by atoms with Crippen LogP contribution in [0, 0.1) is 0 Å². The van der Waals surface area contributed by atoms with Crippen LogP contribution in [0.1, 0.15) is 12.8 Å². The summed E-state index contributed by atoms with van der Waals surface area (Å²) in [5.74, 6) is 0. The maximum Gasteiger partial charge on any atom is 0.0115 e. The van der Waals surface area contributed by atoms with E-state index in [-0.39, 0.29) is 0 Å². The average Bonchev–Trinajstić information content (AvgIpc) is 1.86. The molecule has 1 atom stereocenters. The molecule has 0 spiro atoms. The minimum absolute atomic E-state index is 1.00. The first-order chi connectivity index (χ1) is 2.89. The molecule has 1 aliphatic rings. The number of hydrogen-bond donors (Lipinski definition) is 0. The molecule has 1 aliphatic carbocycles. The van der Waals surface area contributed by atoms with Gasteiger partial charge >= 0.3 is 0 Å². The van der Waals surface area contributed by atoms with Gasteiger partial charge in [0.15, 0.2) is 0 Å². The molecule has 0 N–H and O–H groups in total. The summed E-state index contributed by atoms with van der Waals surface area (Å²) in [5.41, 5.74) is 1.00. The Labute approximate surface area is 41.7 Å². The monoisotopic (exact) mass is 98.1 g/mol. The van der Waals surface area contributed by atoms with Gasteiger partial charge in [0, 0.05) is 10.2 Å². The molecule has 6 heavy (non-hydrogen) atoms. The fourth-order valence-corrected chi connectivity index (χ4v) is 1.39. The molecule has 34 valence electrons. The van der Waals surface area contributed by atoms with Gasteiger partial charge in [-0.05, 0) is 18.4 Å². The van der Waals surface area contributed by atoms with Crippen molar-refractivity contribution in [2.24, 2.45) is 0 Å². The summed E-state index contributed by atoms with van der Waals surface area (Å²) in [7, 11) is 1.37. The molecule has 0 bridgehead atoms. The second-order valence-corrected chi connectivity index (χ2v) is 3.47. The van der Waals surface area contributed by atoms with Crippen molar-refractivity contribution in [1.82, 2.24) is 0 Å². The van der Waals surface area contributed by atoms with Gasteiger partial charge in [0.2, 0.25) is 0 Å². The van der Waals surface area contributed by atoms with Crippen LogP contribution in [0.25, 0.3) is 0 Å². The van der Waals surface area contributed by atoms with Crippen LogP contribution >= 0.6 is 0 Å². The second-order valence-electron chi connectivity index (χ2n) is 1.98. The van der Waals surface area contributed by atoms with Gasteiger partial charge in [-0.1, -0.05) is 12.2 Å². The van der Waals surface area contributed by atoms with Crippen molar-refractivity contribution in [3.8, 4) is 0 Å². The number of allylic oxidation sites excluding steroid dienone is 2. The summed E-state index contributed by atoms with van der Waals surface area (Å²) in [6.45, 7) is 0. The largest absolute Gasteiger partial charge is 0.0890 e. The van der Waals surface area contributed by atoms with Gasteiger partial charge < -0.3 is 0 Å². The third kappa shape index (κ3) is 0.715. The van der Waals surface area contributed by atoms with Gasteiger partial charge in [0.1, 0.15) is 0 Å². The van der Waals surface area contributed by atoms with Crippen LogP contribution < -0.4 is 0 Å². The van der Waals surface area contributed by atoms with Crippen molar-refractivity contribution in [2.45, 2.75) is 18.4 Å². The first-order valence-corrected chi connectivity index (χ1v) is 3.72. The zero-order chi connectivity index (χ0) is 4.41. The summed E-state index contributed by atoms with van der Waals surface area (Å²) in [5, 5.41) is 0. The topological polar surface area (TPSA) is 0 Å². The van der Waals surface area contributed by atoms with Crippen LogP contribution in [0.4, 0.5) is 0 Å². The zero-order valence-electron chi connectivity index (χ0n) is 4.15. The van der Waals surface area contributed by atoms with Gasteiger partial charge in [0.25, 0.3) is 0 Å². The minimum Gasteiger partial charge on any atom is -0.0890 e. The van der Waals surface area contributed by atoms with E-state index < -0.39 is 0 Å². The van der Waals surface area contributed by atoms with Crippen LogP contribution in [-0.2, 0) is 0 Å². The predicted octanol–water partition coefficient (Wildman–Crippen LogP) is 0.490. The van der Waals surface area contributed by atoms with Crippen LogP contribution in [0.3, 0.4) is 0 Å². The van der Waals surface area contributed by atoms with Crippen molar-refractivity contribution in [1.29, 1.82) is 0 Å². The van der Waals surface area contributed by atoms with Crippen LogP contribution in [0.2, 0.25) is 5.54 Å². The summed E-state index contributed by atoms with van der Waals surface area (Å²) in [6.07, 6.45) is 7.41. The van der Waals surface area contributed by atoms with Crippen molar-refractivity contribution < 1.29 is 0 Å². The molecule has 0 saturated carbocycles. The molecular formula is C5H10Si. The summed E-state index contributed by atoms with van der Waals surface area (Å²) < 4.78 is 0. The van der Waals surface area contributed by atoms with Crippen molar-refractivity contribution in [2.75, 3.05) is 0 Å². The minimum atomic E-state index is 1.00. The second kappa shape index (κ2) is 1.60. The highest BCUT2D eigenvalue weighted by molar-refractivity contribution is 6.13. The Hall–Kier alpha value is -0.0431. The maximum atomic E-state index is 2.34. The summed E-state index contributed by atoms with van der Waals surface area (Å²) >= 11 is 0. The predicted molar refractivity (Wildman–Crippen MR) is 32.1 cm³/mol. The highest BCUT2D eigenvalue weighted by Gasteiger charge is 1.98. The zero-order valence-corrected chi connectivity index (χ0v) is 6.15. The lowest BCUT2D eigenvalue weighted by Gasteiger charge is -1.89. The molecule has 1 heteroatoms. The molecule has 0 heterocycles. The van der Waals surface area contributed by atoms with Crippen LogP contribution in [0.15, 0.2) is 12.2 Å². The van der Waals surface area contributed by atoms with Gasteiger partial charge in [-0.15, -0.1) is 0 Å². The Bertz CT molecular complexity index is 66.3. The smallest absolute Gasteiger partial charge is 0.0115 e. The first kappa shape index (κ1) is 4.12. The summed E-state index contributed by atoms with van der Waals surface area (Å²) in [6, 6.07) is 0. The third-order valence-electron chi connectivity index (χ3n) is 1.25. The Balaban J connectivity index is 2.38. The molecule has 0 nitrogen and oxygen atoms in total. The lowest BCUT2D eigenvalue weighted by Crippen LogP contribution is -1.76. The molecule has 0 aliphatic heterocycles. The van der Waals surface area contributed by atoms with Crippen molar-refractivity contribution in [3.63, 3.8) is 0 Å². The van der Waals surface area contributed by atoms with E-state index in [1.807, 2.05) is 0 Å². The molecule has 0 fully saturated rings. The highest BCUT2D eigenvalue weighted by Crippen LogP contribution is 2.17. The Morgan fingerprint density at radius 1 is 1.67 bits per heavy atom. The van der Waals surface area contributed by atoms with Gasteiger partial charge in [0.05, 0.1) is 0 Å². The fourth-order valence-electron chi connectivity index (χ4n) is 0.784. The van der Waals surface area contributed by atoms with Crippen molar-refractivity contribution >= 4 is 10.2 Å². The van der Waals surface area contributed by atoms with E-state index in [4.69, 9.17) is 0 Å². The molecule has 0 aromatic heterocycles. The van der Waals surface area contributed by atoms with E-state index in [9.17, 15) is 0 Å².